The molecule has 1 aliphatic heterocycles. The maximum absolute atomic E-state index is 12.4. The Labute approximate surface area is 168 Å². The minimum atomic E-state index is -0.737. The van der Waals surface area contributed by atoms with Crippen LogP contribution < -0.4 is 10.6 Å². The largest absolute Gasteiger partial charge is 0.466 e. The lowest BCUT2D eigenvalue weighted by Gasteiger charge is -2.33. The Bertz CT molecular complexity index is 699. The smallest absolute Gasteiger partial charge is 0.307 e. The number of hydrogen-bond acceptors (Lipinski definition) is 5. The van der Waals surface area contributed by atoms with E-state index in [-0.39, 0.29) is 24.8 Å². The Morgan fingerprint density at radius 2 is 2.15 bits per heavy atom. The standard InChI is InChI=1S/C18H23Cl2N3O4/c1-2-3-8-27-17(25)10-15-18(26)21-6-7-23(15)11-16(24)22-14-5-4-12(19)9-13(14)20/h4-5,9,15H,2-3,6-8,10-11H2,1H3,(H,21,26)(H,22,24). The number of esters is 1. The molecule has 2 rings (SSSR count). The number of rotatable bonds is 8. The minimum absolute atomic E-state index is 0.0424. The van der Waals surface area contributed by atoms with Crippen molar-refractivity contribution in [3.8, 4) is 0 Å². The molecule has 148 valence electrons. The van der Waals surface area contributed by atoms with Crippen molar-refractivity contribution in [1.82, 2.24) is 10.2 Å². The summed E-state index contributed by atoms with van der Waals surface area (Å²) < 4.78 is 5.13. The zero-order valence-corrected chi connectivity index (χ0v) is 16.6. The first-order valence-electron chi connectivity index (χ1n) is 8.83. The molecule has 0 bridgehead atoms. The average molecular weight is 416 g/mol. The normalized spacial score (nSPS) is 17.3. The molecule has 0 aliphatic carbocycles. The topological polar surface area (TPSA) is 87.7 Å². The van der Waals surface area contributed by atoms with E-state index in [9.17, 15) is 14.4 Å². The van der Waals surface area contributed by atoms with Crippen LogP contribution >= 0.6 is 23.2 Å². The lowest BCUT2D eigenvalue weighted by Crippen LogP contribution is -2.57. The summed E-state index contributed by atoms with van der Waals surface area (Å²) in [4.78, 5) is 38.2. The maximum atomic E-state index is 12.4. The van der Waals surface area contributed by atoms with Crippen molar-refractivity contribution < 1.29 is 19.1 Å². The number of nitrogens with zero attached hydrogens (tertiary/aromatic N) is 1. The molecule has 2 N–H and O–H groups in total. The Kier molecular flexibility index (Phi) is 8.34. The van der Waals surface area contributed by atoms with Crippen LogP contribution in [0, 0.1) is 0 Å². The van der Waals surface area contributed by atoms with Crippen LogP contribution in [0.25, 0.3) is 0 Å². The van der Waals surface area contributed by atoms with Crippen molar-refractivity contribution in [2.45, 2.75) is 32.2 Å². The molecular formula is C18H23Cl2N3O4. The molecule has 0 spiro atoms. The van der Waals surface area contributed by atoms with Crippen LogP contribution in [0.1, 0.15) is 26.2 Å². The quantitative estimate of drug-likeness (QED) is 0.502. The molecule has 27 heavy (non-hydrogen) atoms. The fourth-order valence-electron chi connectivity index (χ4n) is 2.69. The van der Waals surface area contributed by atoms with E-state index < -0.39 is 12.0 Å². The van der Waals surface area contributed by atoms with Crippen molar-refractivity contribution in [1.29, 1.82) is 0 Å². The predicted molar refractivity (Wildman–Crippen MR) is 104 cm³/mol. The third-order valence-corrected chi connectivity index (χ3v) is 4.66. The van der Waals surface area contributed by atoms with Gasteiger partial charge in [-0.2, -0.15) is 0 Å². The second-order valence-corrected chi connectivity index (χ2v) is 7.07. The van der Waals surface area contributed by atoms with E-state index in [0.29, 0.717) is 35.4 Å². The van der Waals surface area contributed by atoms with Gasteiger partial charge in [0.15, 0.2) is 0 Å². The monoisotopic (exact) mass is 415 g/mol. The second-order valence-electron chi connectivity index (χ2n) is 6.23. The minimum Gasteiger partial charge on any atom is -0.466 e. The van der Waals surface area contributed by atoms with Crippen LogP contribution in [0.2, 0.25) is 10.0 Å². The van der Waals surface area contributed by atoms with Gasteiger partial charge in [-0.25, -0.2) is 0 Å². The van der Waals surface area contributed by atoms with E-state index in [4.69, 9.17) is 27.9 Å². The van der Waals surface area contributed by atoms with Crippen LogP contribution in [0.3, 0.4) is 0 Å². The number of carbonyl (C=O) groups is 3. The highest BCUT2D eigenvalue weighted by molar-refractivity contribution is 6.36. The van der Waals surface area contributed by atoms with E-state index in [1.807, 2.05) is 6.92 Å². The van der Waals surface area contributed by atoms with Gasteiger partial charge in [-0.3, -0.25) is 19.3 Å². The predicted octanol–water partition coefficient (Wildman–Crippen LogP) is 2.47. The molecule has 1 unspecified atom stereocenters. The van der Waals surface area contributed by atoms with E-state index in [1.54, 1.807) is 17.0 Å². The Morgan fingerprint density at radius 1 is 1.37 bits per heavy atom. The van der Waals surface area contributed by atoms with Crippen molar-refractivity contribution in [2.24, 2.45) is 0 Å². The molecule has 7 nitrogen and oxygen atoms in total. The van der Waals surface area contributed by atoms with Gasteiger partial charge in [-0.05, 0) is 24.6 Å². The first-order valence-corrected chi connectivity index (χ1v) is 9.58. The highest BCUT2D eigenvalue weighted by Crippen LogP contribution is 2.25. The summed E-state index contributed by atoms with van der Waals surface area (Å²) in [6, 6.07) is 4.02. The molecule has 0 aromatic heterocycles. The highest BCUT2D eigenvalue weighted by atomic mass is 35.5. The third kappa shape index (κ3) is 6.68. The number of unbranched alkanes of at least 4 members (excludes halogenated alkanes) is 1. The summed E-state index contributed by atoms with van der Waals surface area (Å²) in [5.41, 5.74) is 0.433. The zero-order valence-electron chi connectivity index (χ0n) is 15.1. The van der Waals surface area contributed by atoms with E-state index in [0.717, 1.165) is 12.8 Å². The van der Waals surface area contributed by atoms with Crippen molar-refractivity contribution in [2.75, 3.05) is 31.6 Å². The Hall–Kier alpha value is -1.83. The maximum Gasteiger partial charge on any atom is 0.307 e. The molecule has 0 saturated carbocycles. The summed E-state index contributed by atoms with van der Waals surface area (Å²) in [5.74, 6) is -1.07. The van der Waals surface area contributed by atoms with Gasteiger partial charge in [0.05, 0.1) is 30.3 Å². The van der Waals surface area contributed by atoms with Gasteiger partial charge in [-0.15, -0.1) is 0 Å². The van der Waals surface area contributed by atoms with Gasteiger partial charge in [0, 0.05) is 18.1 Å². The summed E-state index contributed by atoms with van der Waals surface area (Å²) >= 11 is 11.9. The molecule has 1 fully saturated rings. The van der Waals surface area contributed by atoms with Gasteiger partial charge >= 0.3 is 5.97 Å². The van der Waals surface area contributed by atoms with Crippen molar-refractivity contribution >= 4 is 46.7 Å². The van der Waals surface area contributed by atoms with E-state index in [1.165, 1.54) is 6.07 Å². The molecule has 1 atom stereocenters. The van der Waals surface area contributed by atoms with Gasteiger partial charge in [0.2, 0.25) is 11.8 Å². The number of benzene rings is 1. The van der Waals surface area contributed by atoms with Gasteiger partial charge < -0.3 is 15.4 Å². The highest BCUT2D eigenvalue weighted by Gasteiger charge is 2.33. The summed E-state index contributed by atoms with van der Waals surface area (Å²) in [5, 5.41) is 6.20. The number of carbonyl (C=O) groups excluding carboxylic acids is 3. The Morgan fingerprint density at radius 3 is 2.85 bits per heavy atom. The van der Waals surface area contributed by atoms with Crippen molar-refractivity contribution in [3.05, 3.63) is 28.2 Å². The third-order valence-electron chi connectivity index (χ3n) is 4.11. The number of anilines is 1. The number of ether oxygens (including phenoxy) is 1. The second kappa shape index (κ2) is 10.5. The molecule has 1 aliphatic rings. The molecule has 1 aromatic rings. The first-order chi connectivity index (χ1) is 12.9. The lowest BCUT2D eigenvalue weighted by molar-refractivity contribution is -0.149. The van der Waals surface area contributed by atoms with E-state index >= 15 is 0 Å². The Balaban J connectivity index is 1.95. The summed E-state index contributed by atoms with van der Waals surface area (Å²) in [6.45, 7) is 3.16. The molecule has 0 radical (unpaired) electrons. The number of nitrogens with one attached hydrogen (secondary N) is 2. The van der Waals surface area contributed by atoms with Gasteiger partial charge in [0.25, 0.3) is 0 Å². The summed E-state index contributed by atoms with van der Waals surface area (Å²) in [7, 11) is 0. The molecular weight excluding hydrogens is 393 g/mol. The lowest BCUT2D eigenvalue weighted by atomic mass is 10.1. The SMILES string of the molecule is CCCCOC(=O)CC1C(=O)NCCN1CC(=O)Nc1ccc(Cl)cc1Cl. The van der Waals surface area contributed by atoms with Crippen LogP contribution in [0.4, 0.5) is 5.69 Å². The molecule has 1 saturated heterocycles. The number of halogens is 2. The molecule has 1 aromatic carbocycles. The average Bonchev–Trinajstić information content (AvgIpc) is 2.61. The van der Waals surface area contributed by atoms with E-state index in [2.05, 4.69) is 10.6 Å². The molecule has 1 heterocycles. The fraction of sp³-hybridized carbons (Fsp3) is 0.500. The van der Waals surface area contributed by atoms with Gasteiger partial charge in [0.1, 0.15) is 6.04 Å². The first kappa shape index (κ1) is 21.5. The zero-order chi connectivity index (χ0) is 19.8. The molecule has 2 amide bonds. The van der Waals surface area contributed by atoms with Crippen LogP contribution in [0.15, 0.2) is 18.2 Å². The number of hydrogen-bond donors (Lipinski definition) is 2. The van der Waals surface area contributed by atoms with Crippen LogP contribution in [-0.4, -0.2) is 55.0 Å². The van der Waals surface area contributed by atoms with Crippen LogP contribution in [-0.2, 0) is 19.1 Å². The number of piperazine rings is 1. The summed E-state index contributed by atoms with van der Waals surface area (Å²) in [6.07, 6.45) is 1.60. The van der Waals surface area contributed by atoms with Crippen molar-refractivity contribution in [3.63, 3.8) is 0 Å². The van der Waals surface area contributed by atoms with Gasteiger partial charge in [-0.1, -0.05) is 36.5 Å². The fourth-order valence-corrected chi connectivity index (χ4v) is 3.14. The molecule has 9 heteroatoms. The number of amides is 2. The van der Waals surface area contributed by atoms with Crippen LogP contribution in [0.5, 0.6) is 0 Å².